The molecule has 2 rings (SSSR count). The first-order chi connectivity index (χ1) is 12.0. The maximum Gasteiger partial charge on any atom is 0.335 e. The van der Waals surface area contributed by atoms with Gasteiger partial charge in [-0.05, 0) is 60.9 Å². The molecule has 0 aliphatic heterocycles. The Bertz CT molecular complexity index is 668. The van der Waals surface area contributed by atoms with E-state index in [2.05, 4.69) is 18.7 Å². The molecule has 0 radical (unpaired) electrons. The molecule has 134 valence electrons. The van der Waals surface area contributed by atoms with E-state index in [1.54, 1.807) is 24.3 Å². The lowest BCUT2D eigenvalue weighted by atomic mass is 10.2. The average Bonchev–Trinajstić information content (AvgIpc) is 2.58. The lowest BCUT2D eigenvalue weighted by Crippen LogP contribution is -2.29. The Morgan fingerprint density at radius 1 is 1.12 bits per heavy atom. The normalized spacial score (nSPS) is 10.7. The van der Waals surface area contributed by atoms with Crippen LogP contribution in [-0.4, -0.2) is 30.8 Å². The molecule has 0 unspecified atom stereocenters. The van der Waals surface area contributed by atoms with Gasteiger partial charge in [0.05, 0.1) is 12.2 Å². The molecule has 0 spiro atoms. The molecule has 1 N–H and O–H groups in total. The molecule has 0 aromatic heterocycles. The zero-order valence-corrected chi connectivity index (χ0v) is 15.4. The fourth-order valence-electron chi connectivity index (χ4n) is 2.56. The highest BCUT2D eigenvalue weighted by molar-refractivity contribution is 6.30. The largest absolute Gasteiger partial charge is 0.494 e. The lowest BCUT2D eigenvalue weighted by molar-refractivity contribution is 0.0697. The summed E-state index contributed by atoms with van der Waals surface area (Å²) in [5, 5.41) is 9.63. The van der Waals surface area contributed by atoms with Crippen LogP contribution in [0.2, 0.25) is 5.02 Å². The minimum atomic E-state index is -0.932. The van der Waals surface area contributed by atoms with Crippen molar-refractivity contribution in [1.82, 2.24) is 0 Å². The molecule has 4 nitrogen and oxygen atoms in total. The molecule has 0 bridgehead atoms. The van der Waals surface area contributed by atoms with Crippen molar-refractivity contribution in [3.05, 3.63) is 59.1 Å². The second-order valence-corrected chi connectivity index (χ2v) is 6.78. The van der Waals surface area contributed by atoms with Crippen molar-refractivity contribution < 1.29 is 14.6 Å². The van der Waals surface area contributed by atoms with E-state index in [1.165, 1.54) is 0 Å². The number of carboxylic acid groups (broad SMARTS) is 1. The topological polar surface area (TPSA) is 49.8 Å². The summed E-state index contributed by atoms with van der Waals surface area (Å²) in [6, 6.07) is 14.4. The van der Waals surface area contributed by atoms with Crippen molar-refractivity contribution in [2.75, 3.05) is 24.6 Å². The van der Waals surface area contributed by atoms with Crippen molar-refractivity contribution in [1.29, 1.82) is 0 Å². The number of ether oxygens (including phenoxy) is 1. The Kier molecular flexibility index (Phi) is 7.14. The molecule has 0 fully saturated rings. The van der Waals surface area contributed by atoms with Crippen LogP contribution >= 0.6 is 11.6 Å². The number of anilines is 1. The minimum absolute atomic E-state index is 0.262. The van der Waals surface area contributed by atoms with Gasteiger partial charge in [-0.2, -0.15) is 0 Å². The molecule has 2 aromatic rings. The molecule has 0 saturated heterocycles. The number of hydrogen-bond acceptors (Lipinski definition) is 3. The maximum absolute atomic E-state index is 10.8. The highest BCUT2D eigenvalue weighted by atomic mass is 35.5. The van der Waals surface area contributed by atoms with E-state index in [1.807, 2.05) is 24.3 Å². The van der Waals surface area contributed by atoms with Gasteiger partial charge >= 0.3 is 5.97 Å². The van der Waals surface area contributed by atoms with Crippen molar-refractivity contribution in [3.8, 4) is 5.75 Å². The number of carboxylic acids is 1. The van der Waals surface area contributed by atoms with Crippen LogP contribution in [0.5, 0.6) is 5.75 Å². The van der Waals surface area contributed by atoms with Crippen LogP contribution < -0.4 is 9.64 Å². The van der Waals surface area contributed by atoms with Gasteiger partial charge in [0.1, 0.15) is 5.75 Å². The van der Waals surface area contributed by atoms with Gasteiger partial charge in [-0.25, -0.2) is 4.79 Å². The number of halogens is 1. The van der Waals surface area contributed by atoms with E-state index in [-0.39, 0.29) is 5.56 Å². The van der Waals surface area contributed by atoms with Crippen LogP contribution in [-0.2, 0) is 0 Å². The lowest BCUT2D eigenvalue weighted by Gasteiger charge is -2.27. The van der Waals surface area contributed by atoms with Crippen LogP contribution in [0.4, 0.5) is 5.69 Å². The third-order valence-electron chi connectivity index (χ3n) is 3.72. The van der Waals surface area contributed by atoms with Crippen LogP contribution in [0.25, 0.3) is 0 Å². The average molecular weight is 362 g/mol. The summed E-state index contributed by atoms with van der Waals surface area (Å²) in [6.45, 7) is 6.82. The smallest absolute Gasteiger partial charge is 0.335 e. The van der Waals surface area contributed by atoms with Gasteiger partial charge in [0, 0.05) is 23.8 Å². The Hall–Kier alpha value is -2.20. The Morgan fingerprint density at radius 2 is 1.76 bits per heavy atom. The number of hydrogen-bond donors (Lipinski definition) is 1. The van der Waals surface area contributed by atoms with Gasteiger partial charge in [-0.15, -0.1) is 0 Å². The standard InChI is InChI=1S/C20H24ClNO3/c1-15(2)14-22(18-8-6-17(21)7-9-18)12-3-13-25-19-10-4-16(5-11-19)20(23)24/h4-11,15H,3,12-14H2,1-2H3,(H,23,24). The molecular weight excluding hydrogens is 338 g/mol. The van der Waals surface area contributed by atoms with Gasteiger partial charge in [-0.1, -0.05) is 25.4 Å². The zero-order valence-electron chi connectivity index (χ0n) is 14.6. The van der Waals surface area contributed by atoms with Gasteiger partial charge in [-0.3, -0.25) is 0 Å². The van der Waals surface area contributed by atoms with Crippen molar-refractivity contribution >= 4 is 23.3 Å². The fraction of sp³-hybridized carbons (Fsp3) is 0.350. The minimum Gasteiger partial charge on any atom is -0.494 e. The van der Waals surface area contributed by atoms with E-state index in [0.29, 0.717) is 18.3 Å². The van der Waals surface area contributed by atoms with E-state index in [4.69, 9.17) is 21.4 Å². The summed E-state index contributed by atoms with van der Waals surface area (Å²) in [5.41, 5.74) is 1.42. The third kappa shape index (κ3) is 6.31. The fourth-order valence-corrected chi connectivity index (χ4v) is 2.68. The third-order valence-corrected chi connectivity index (χ3v) is 3.97. The van der Waals surface area contributed by atoms with Crippen LogP contribution in [0.3, 0.4) is 0 Å². The Labute approximate surface area is 154 Å². The Morgan fingerprint density at radius 3 is 2.32 bits per heavy atom. The zero-order chi connectivity index (χ0) is 18.2. The Balaban J connectivity index is 1.85. The maximum atomic E-state index is 10.8. The molecule has 2 aromatic carbocycles. The van der Waals surface area contributed by atoms with Gasteiger partial charge in [0.25, 0.3) is 0 Å². The summed E-state index contributed by atoms with van der Waals surface area (Å²) in [4.78, 5) is 13.2. The van der Waals surface area contributed by atoms with E-state index >= 15 is 0 Å². The molecule has 0 aliphatic carbocycles. The van der Waals surface area contributed by atoms with Crippen molar-refractivity contribution in [2.24, 2.45) is 5.92 Å². The van der Waals surface area contributed by atoms with Gasteiger partial charge in [0.2, 0.25) is 0 Å². The molecule has 0 atom stereocenters. The quantitative estimate of drug-likeness (QED) is 0.640. The summed E-state index contributed by atoms with van der Waals surface area (Å²) in [6.07, 6.45) is 0.871. The highest BCUT2D eigenvalue weighted by Gasteiger charge is 2.09. The summed E-state index contributed by atoms with van der Waals surface area (Å²) in [5.74, 6) is 0.311. The molecule has 25 heavy (non-hydrogen) atoms. The van der Waals surface area contributed by atoms with E-state index in [9.17, 15) is 4.79 Å². The summed E-state index contributed by atoms with van der Waals surface area (Å²) < 4.78 is 5.71. The predicted octanol–water partition coefficient (Wildman–Crippen LogP) is 4.97. The highest BCUT2D eigenvalue weighted by Crippen LogP contribution is 2.20. The first-order valence-electron chi connectivity index (χ1n) is 8.42. The van der Waals surface area contributed by atoms with Gasteiger partial charge < -0.3 is 14.7 Å². The molecular formula is C20H24ClNO3. The second kappa shape index (κ2) is 9.33. The van der Waals surface area contributed by atoms with E-state index in [0.717, 1.165) is 30.2 Å². The van der Waals surface area contributed by atoms with Crippen molar-refractivity contribution in [3.63, 3.8) is 0 Å². The predicted molar refractivity (Wildman–Crippen MR) is 102 cm³/mol. The van der Waals surface area contributed by atoms with E-state index < -0.39 is 5.97 Å². The molecule has 0 saturated carbocycles. The first-order valence-corrected chi connectivity index (χ1v) is 8.80. The van der Waals surface area contributed by atoms with Crippen molar-refractivity contribution in [2.45, 2.75) is 20.3 Å². The van der Waals surface area contributed by atoms with Crippen LogP contribution in [0.15, 0.2) is 48.5 Å². The molecule has 5 heteroatoms. The number of carbonyl (C=O) groups is 1. The monoisotopic (exact) mass is 361 g/mol. The molecule has 0 aliphatic rings. The molecule has 0 heterocycles. The second-order valence-electron chi connectivity index (χ2n) is 6.35. The number of aromatic carboxylic acids is 1. The summed E-state index contributed by atoms with van der Waals surface area (Å²) >= 11 is 5.97. The van der Waals surface area contributed by atoms with Gasteiger partial charge in [0.15, 0.2) is 0 Å². The first kappa shape index (κ1) is 19.1. The van der Waals surface area contributed by atoms with Crippen LogP contribution in [0, 0.1) is 5.92 Å². The van der Waals surface area contributed by atoms with Crippen LogP contribution in [0.1, 0.15) is 30.6 Å². The molecule has 0 amide bonds. The SMILES string of the molecule is CC(C)CN(CCCOc1ccc(C(=O)O)cc1)c1ccc(Cl)cc1. The number of benzene rings is 2. The summed E-state index contributed by atoms with van der Waals surface area (Å²) in [7, 11) is 0. The number of nitrogens with zero attached hydrogens (tertiary/aromatic N) is 1. The number of rotatable bonds is 9.